The van der Waals surface area contributed by atoms with Crippen LogP contribution in [0.2, 0.25) is 0 Å². The maximum absolute atomic E-state index is 13.4. The molecule has 1 unspecified atom stereocenters. The highest BCUT2D eigenvalue weighted by atomic mass is 19.1. The molecule has 2 N–H and O–H groups in total. The van der Waals surface area contributed by atoms with Gasteiger partial charge in [-0.15, -0.1) is 0 Å². The van der Waals surface area contributed by atoms with E-state index in [2.05, 4.69) is 5.32 Å². The number of aliphatic hydroxyl groups excluding tert-OH is 1. The number of nitrogens with one attached hydrogen (secondary N) is 1. The second kappa shape index (κ2) is 6.17. The summed E-state index contributed by atoms with van der Waals surface area (Å²) in [7, 11) is 0. The van der Waals surface area contributed by atoms with Crippen molar-refractivity contribution in [3.05, 3.63) is 39.2 Å². The zero-order valence-corrected chi connectivity index (χ0v) is 12.4. The average Bonchev–Trinajstić information content (AvgIpc) is 2.32. The summed E-state index contributed by atoms with van der Waals surface area (Å²) in [5, 5.41) is 23.3. The van der Waals surface area contributed by atoms with Crippen LogP contribution >= 0.6 is 0 Å². The number of hydrogen-bond acceptors (Lipinski definition) is 4. The molecule has 1 atom stereocenters. The molecule has 7 heteroatoms. The number of aliphatic hydroxyl groups is 1. The van der Waals surface area contributed by atoms with E-state index in [-0.39, 0.29) is 17.7 Å². The van der Waals surface area contributed by atoms with Gasteiger partial charge in [-0.3, -0.25) is 14.9 Å². The van der Waals surface area contributed by atoms with Crippen molar-refractivity contribution in [2.45, 2.75) is 33.8 Å². The minimum absolute atomic E-state index is 0.0709. The van der Waals surface area contributed by atoms with Gasteiger partial charge < -0.3 is 10.4 Å². The molecule has 0 aromatic heterocycles. The summed E-state index contributed by atoms with van der Waals surface area (Å²) in [6.45, 7) is 6.66. The third-order valence-corrected chi connectivity index (χ3v) is 3.15. The zero-order valence-electron chi connectivity index (χ0n) is 12.4. The average molecular weight is 298 g/mol. The molecule has 1 amide bonds. The van der Waals surface area contributed by atoms with Crippen LogP contribution in [-0.4, -0.2) is 28.6 Å². The fourth-order valence-electron chi connectivity index (χ4n) is 1.74. The Balaban J connectivity index is 3.00. The predicted octanol–water partition coefficient (Wildman–Crippen LogP) is 2.18. The highest BCUT2D eigenvalue weighted by Crippen LogP contribution is 2.25. The van der Waals surface area contributed by atoms with Gasteiger partial charge in [-0.1, -0.05) is 20.8 Å². The molecule has 0 saturated carbocycles. The van der Waals surface area contributed by atoms with Crippen molar-refractivity contribution in [3.63, 3.8) is 0 Å². The maximum Gasteiger partial charge on any atom is 0.285 e. The van der Waals surface area contributed by atoms with Gasteiger partial charge in [0.15, 0.2) is 0 Å². The fourth-order valence-corrected chi connectivity index (χ4v) is 1.74. The van der Waals surface area contributed by atoms with Crippen molar-refractivity contribution < 1.29 is 19.2 Å². The smallest absolute Gasteiger partial charge is 0.285 e. The Bertz CT molecular complexity index is 567. The van der Waals surface area contributed by atoms with E-state index < -0.39 is 33.9 Å². The molecule has 1 aromatic rings. The highest BCUT2D eigenvalue weighted by Gasteiger charge is 2.26. The quantitative estimate of drug-likeness (QED) is 0.658. The van der Waals surface area contributed by atoms with Crippen LogP contribution in [0.4, 0.5) is 10.1 Å². The molecular weight excluding hydrogens is 279 g/mol. The van der Waals surface area contributed by atoms with E-state index >= 15 is 0 Å². The molecule has 0 heterocycles. The van der Waals surface area contributed by atoms with Crippen LogP contribution in [0.25, 0.3) is 0 Å². The lowest BCUT2D eigenvalue weighted by atomic mass is 9.89. The van der Waals surface area contributed by atoms with Crippen LogP contribution in [0.5, 0.6) is 0 Å². The Hall–Kier alpha value is -2.02. The third-order valence-electron chi connectivity index (χ3n) is 3.15. The van der Waals surface area contributed by atoms with Gasteiger partial charge in [0.1, 0.15) is 11.4 Å². The number of carbonyl (C=O) groups excluding carboxylic acids is 1. The second-order valence-corrected chi connectivity index (χ2v) is 5.97. The summed E-state index contributed by atoms with van der Waals surface area (Å²) in [6.07, 6.45) is -0.824. The fraction of sp³-hybridized carbons (Fsp3) is 0.500. The van der Waals surface area contributed by atoms with Crippen molar-refractivity contribution in [1.82, 2.24) is 5.32 Å². The number of aryl methyl sites for hydroxylation is 1. The van der Waals surface area contributed by atoms with Crippen molar-refractivity contribution in [1.29, 1.82) is 0 Å². The molecule has 0 fully saturated rings. The first kappa shape index (κ1) is 17.0. The van der Waals surface area contributed by atoms with E-state index in [9.17, 15) is 24.4 Å². The molecule has 0 bridgehead atoms. The molecule has 1 rings (SSSR count). The first-order chi connectivity index (χ1) is 9.54. The lowest BCUT2D eigenvalue weighted by Gasteiger charge is -2.25. The summed E-state index contributed by atoms with van der Waals surface area (Å²) in [5.74, 6) is -1.51. The molecule has 0 aliphatic heterocycles. The van der Waals surface area contributed by atoms with Crippen molar-refractivity contribution in [3.8, 4) is 0 Å². The molecule has 0 aliphatic carbocycles. The van der Waals surface area contributed by atoms with Crippen molar-refractivity contribution in [2.75, 3.05) is 6.54 Å². The van der Waals surface area contributed by atoms with Crippen molar-refractivity contribution in [2.24, 2.45) is 5.41 Å². The Labute approximate surface area is 122 Å². The van der Waals surface area contributed by atoms with Crippen LogP contribution in [0.15, 0.2) is 12.1 Å². The van der Waals surface area contributed by atoms with Crippen LogP contribution in [0.1, 0.15) is 36.7 Å². The second-order valence-electron chi connectivity index (χ2n) is 5.97. The summed E-state index contributed by atoms with van der Waals surface area (Å²) >= 11 is 0. The van der Waals surface area contributed by atoms with Gasteiger partial charge in [0.05, 0.1) is 11.0 Å². The van der Waals surface area contributed by atoms with Crippen LogP contribution in [0.3, 0.4) is 0 Å². The minimum Gasteiger partial charge on any atom is -0.391 e. The number of hydrogen-bond donors (Lipinski definition) is 2. The molecule has 6 nitrogen and oxygen atoms in total. The van der Waals surface area contributed by atoms with E-state index in [4.69, 9.17) is 0 Å². The van der Waals surface area contributed by atoms with E-state index in [0.717, 1.165) is 12.1 Å². The zero-order chi connectivity index (χ0) is 16.4. The number of amides is 1. The number of nitro benzene ring substituents is 1. The molecule has 0 saturated heterocycles. The SMILES string of the molecule is Cc1cc(F)cc(C(=O)NCC(O)C(C)(C)C)c1[N+](=O)[O-]. The summed E-state index contributed by atoms with van der Waals surface area (Å²) in [4.78, 5) is 22.3. The minimum atomic E-state index is -0.824. The van der Waals surface area contributed by atoms with Gasteiger partial charge in [0, 0.05) is 12.1 Å². The third kappa shape index (κ3) is 4.22. The van der Waals surface area contributed by atoms with Crippen LogP contribution in [0, 0.1) is 28.3 Å². The van der Waals surface area contributed by atoms with Gasteiger partial charge in [0.2, 0.25) is 0 Å². The normalized spacial score (nSPS) is 12.9. The standard InChI is InChI=1S/C14H19FN2O4/c1-8-5-9(15)6-10(12(8)17(20)21)13(19)16-7-11(18)14(2,3)4/h5-6,11,18H,7H2,1-4H3,(H,16,19). The molecule has 1 aromatic carbocycles. The Morgan fingerprint density at radius 2 is 2.05 bits per heavy atom. The summed E-state index contributed by atoms with van der Waals surface area (Å²) < 4.78 is 13.4. The molecule has 0 radical (unpaired) electrons. The van der Waals surface area contributed by atoms with Gasteiger partial charge in [-0.2, -0.15) is 0 Å². The van der Waals surface area contributed by atoms with Crippen LogP contribution < -0.4 is 5.32 Å². The number of rotatable bonds is 4. The van der Waals surface area contributed by atoms with E-state index in [1.807, 2.05) is 0 Å². The number of nitro groups is 1. The monoisotopic (exact) mass is 298 g/mol. The number of benzene rings is 1. The van der Waals surface area contributed by atoms with E-state index in [0.29, 0.717) is 0 Å². The molecular formula is C14H19FN2O4. The molecule has 21 heavy (non-hydrogen) atoms. The molecule has 116 valence electrons. The number of carbonyl (C=O) groups is 1. The molecule has 0 spiro atoms. The summed E-state index contributed by atoms with van der Waals surface area (Å²) in [5.41, 5.74) is -1.16. The first-order valence-corrected chi connectivity index (χ1v) is 6.45. The Morgan fingerprint density at radius 1 is 1.48 bits per heavy atom. The Morgan fingerprint density at radius 3 is 2.52 bits per heavy atom. The number of nitrogens with zero attached hydrogens (tertiary/aromatic N) is 1. The largest absolute Gasteiger partial charge is 0.391 e. The van der Waals surface area contributed by atoms with Gasteiger partial charge >= 0.3 is 0 Å². The van der Waals surface area contributed by atoms with Crippen molar-refractivity contribution >= 4 is 11.6 Å². The van der Waals surface area contributed by atoms with Gasteiger partial charge in [-0.25, -0.2) is 4.39 Å². The number of halogens is 1. The first-order valence-electron chi connectivity index (χ1n) is 6.45. The molecule has 0 aliphatic rings. The lowest BCUT2D eigenvalue weighted by molar-refractivity contribution is -0.385. The lowest BCUT2D eigenvalue weighted by Crippen LogP contribution is -2.39. The van der Waals surface area contributed by atoms with Crippen LogP contribution in [-0.2, 0) is 0 Å². The Kier molecular flexibility index (Phi) is 5.01. The van der Waals surface area contributed by atoms with Gasteiger partial charge in [0.25, 0.3) is 11.6 Å². The predicted molar refractivity (Wildman–Crippen MR) is 75.6 cm³/mol. The van der Waals surface area contributed by atoms with E-state index in [1.54, 1.807) is 20.8 Å². The maximum atomic E-state index is 13.4. The highest BCUT2D eigenvalue weighted by molar-refractivity contribution is 5.98. The summed E-state index contributed by atoms with van der Waals surface area (Å²) in [6, 6.07) is 1.82. The van der Waals surface area contributed by atoms with E-state index in [1.165, 1.54) is 6.92 Å². The van der Waals surface area contributed by atoms with Gasteiger partial charge in [-0.05, 0) is 24.5 Å². The topological polar surface area (TPSA) is 92.5 Å².